The van der Waals surface area contributed by atoms with Gasteiger partial charge in [0.2, 0.25) is 0 Å². The molecule has 2 amide bonds. The van der Waals surface area contributed by atoms with Gasteiger partial charge in [-0.15, -0.1) is 0 Å². The first kappa shape index (κ1) is 19.3. The summed E-state index contributed by atoms with van der Waals surface area (Å²) in [5, 5.41) is 5.88. The second-order valence-corrected chi connectivity index (χ2v) is 7.42. The van der Waals surface area contributed by atoms with Crippen molar-refractivity contribution in [1.82, 2.24) is 14.5 Å². The van der Waals surface area contributed by atoms with Gasteiger partial charge in [-0.25, -0.2) is 9.59 Å². The fraction of sp³-hybridized carbons (Fsp3) is 0.579. The van der Waals surface area contributed by atoms with Crippen LogP contribution in [0.1, 0.15) is 20.3 Å². The molecule has 1 aliphatic rings. The highest BCUT2D eigenvalue weighted by atomic mass is 16.5. The number of hydrogen-bond donors (Lipinski definition) is 2. The van der Waals surface area contributed by atoms with Crippen molar-refractivity contribution >= 4 is 28.4 Å². The number of nitrogens with zero attached hydrogens (tertiary/aromatic N) is 3. The Kier molecular flexibility index (Phi) is 5.74. The number of anilines is 2. The number of carbonyl (C=O) groups excluding carboxylic acids is 1. The van der Waals surface area contributed by atoms with Gasteiger partial charge in [-0.1, -0.05) is 13.8 Å². The quantitative estimate of drug-likeness (QED) is 0.836. The molecule has 148 valence electrons. The number of benzene rings is 1. The van der Waals surface area contributed by atoms with E-state index in [1.54, 1.807) is 23.2 Å². The van der Waals surface area contributed by atoms with E-state index < -0.39 is 0 Å². The Morgan fingerprint density at radius 1 is 1.15 bits per heavy atom. The summed E-state index contributed by atoms with van der Waals surface area (Å²) in [7, 11) is 3.51. The molecule has 1 aromatic carbocycles. The highest BCUT2D eigenvalue weighted by Gasteiger charge is 2.20. The van der Waals surface area contributed by atoms with Crippen molar-refractivity contribution in [1.29, 1.82) is 0 Å². The third-order valence-corrected chi connectivity index (χ3v) is 5.00. The van der Waals surface area contributed by atoms with E-state index in [9.17, 15) is 9.59 Å². The Morgan fingerprint density at radius 3 is 2.41 bits per heavy atom. The Bertz CT molecular complexity index is 878. The lowest BCUT2D eigenvalue weighted by molar-refractivity contribution is 0.123. The van der Waals surface area contributed by atoms with Crippen LogP contribution in [0.2, 0.25) is 0 Å². The largest absolute Gasteiger partial charge is 0.378 e. The second-order valence-electron chi connectivity index (χ2n) is 7.42. The van der Waals surface area contributed by atoms with Crippen molar-refractivity contribution in [3.63, 3.8) is 0 Å². The molecule has 1 aliphatic heterocycles. The van der Waals surface area contributed by atoms with Gasteiger partial charge >= 0.3 is 11.7 Å². The molecular formula is C19H29N5O3. The lowest BCUT2D eigenvalue weighted by atomic mass is 10.1. The summed E-state index contributed by atoms with van der Waals surface area (Å²) in [5.74, 6) is 0.532. The Hall–Kier alpha value is -2.48. The van der Waals surface area contributed by atoms with E-state index in [0.717, 1.165) is 36.2 Å². The number of carbonyl (C=O) groups is 1. The predicted octanol–water partition coefficient (Wildman–Crippen LogP) is 1.88. The molecule has 1 fully saturated rings. The third kappa shape index (κ3) is 4.10. The summed E-state index contributed by atoms with van der Waals surface area (Å²) in [6.45, 7) is 7.66. The van der Waals surface area contributed by atoms with Crippen LogP contribution in [0.5, 0.6) is 0 Å². The molecule has 27 heavy (non-hydrogen) atoms. The zero-order valence-corrected chi connectivity index (χ0v) is 16.5. The smallest absolute Gasteiger partial charge is 0.328 e. The maximum atomic E-state index is 12.4. The zero-order valence-electron chi connectivity index (χ0n) is 16.5. The van der Waals surface area contributed by atoms with Gasteiger partial charge in [-0.05, 0) is 24.5 Å². The monoisotopic (exact) mass is 375 g/mol. The first-order valence-corrected chi connectivity index (χ1v) is 9.45. The number of amides is 2. The number of ether oxygens (including phenoxy) is 1. The number of imidazole rings is 1. The van der Waals surface area contributed by atoms with Crippen molar-refractivity contribution in [2.75, 3.05) is 43.1 Å². The van der Waals surface area contributed by atoms with Crippen molar-refractivity contribution in [2.24, 2.45) is 20.0 Å². The molecular weight excluding hydrogens is 346 g/mol. The SMILES string of the molecule is CC(C)CCNC(=O)Nc1cc2c(cc1N1CCOCC1)n(C)c(=O)n2C. The van der Waals surface area contributed by atoms with Gasteiger partial charge in [-0.2, -0.15) is 0 Å². The van der Waals surface area contributed by atoms with E-state index in [1.807, 2.05) is 12.1 Å². The van der Waals surface area contributed by atoms with E-state index in [0.29, 0.717) is 31.4 Å². The first-order chi connectivity index (χ1) is 12.9. The predicted molar refractivity (Wildman–Crippen MR) is 108 cm³/mol. The maximum absolute atomic E-state index is 12.4. The molecule has 1 aromatic heterocycles. The minimum Gasteiger partial charge on any atom is -0.378 e. The normalized spacial score (nSPS) is 14.8. The average Bonchev–Trinajstić information content (AvgIpc) is 2.85. The summed E-state index contributed by atoms with van der Waals surface area (Å²) >= 11 is 0. The molecule has 2 heterocycles. The van der Waals surface area contributed by atoms with Crippen LogP contribution in [0.3, 0.4) is 0 Å². The highest BCUT2D eigenvalue weighted by Crippen LogP contribution is 2.31. The number of urea groups is 1. The molecule has 8 nitrogen and oxygen atoms in total. The number of aryl methyl sites for hydroxylation is 2. The fourth-order valence-electron chi connectivity index (χ4n) is 3.34. The van der Waals surface area contributed by atoms with Gasteiger partial charge in [0.15, 0.2) is 0 Å². The molecule has 0 spiro atoms. The second kappa shape index (κ2) is 8.04. The van der Waals surface area contributed by atoms with Gasteiger partial charge < -0.3 is 20.3 Å². The number of nitrogens with one attached hydrogen (secondary N) is 2. The highest BCUT2D eigenvalue weighted by molar-refractivity contribution is 5.98. The fourth-order valence-corrected chi connectivity index (χ4v) is 3.34. The zero-order chi connectivity index (χ0) is 19.6. The summed E-state index contributed by atoms with van der Waals surface area (Å²) < 4.78 is 8.68. The first-order valence-electron chi connectivity index (χ1n) is 9.45. The maximum Gasteiger partial charge on any atom is 0.328 e. The van der Waals surface area contributed by atoms with E-state index >= 15 is 0 Å². The number of hydrogen-bond acceptors (Lipinski definition) is 4. The van der Waals surface area contributed by atoms with Gasteiger partial charge in [-0.3, -0.25) is 9.13 Å². The molecule has 0 radical (unpaired) electrons. The van der Waals surface area contributed by atoms with E-state index in [-0.39, 0.29) is 11.7 Å². The van der Waals surface area contributed by atoms with Crippen LogP contribution in [-0.4, -0.2) is 48.0 Å². The Balaban J connectivity index is 1.94. The molecule has 1 saturated heterocycles. The summed E-state index contributed by atoms with van der Waals surface area (Å²) in [4.78, 5) is 26.9. The van der Waals surface area contributed by atoms with Crippen LogP contribution in [0.25, 0.3) is 11.0 Å². The van der Waals surface area contributed by atoms with Gasteiger partial charge in [0.05, 0.1) is 35.6 Å². The topological polar surface area (TPSA) is 80.5 Å². The molecule has 0 unspecified atom stereocenters. The van der Waals surface area contributed by atoms with E-state index in [4.69, 9.17) is 4.74 Å². The minimum atomic E-state index is -0.231. The van der Waals surface area contributed by atoms with Crippen LogP contribution < -0.4 is 21.2 Å². The van der Waals surface area contributed by atoms with Crippen LogP contribution >= 0.6 is 0 Å². The molecule has 0 atom stereocenters. The van der Waals surface area contributed by atoms with Crippen molar-refractivity contribution < 1.29 is 9.53 Å². The Labute approximate surface area is 159 Å². The summed E-state index contributed by atoms with van der Waals surface area (Å²) in [6.07, 6.45) is 0.927. The van der Waals surface area contributed by atoms with Gasteiger partial charge in [0.1, 0.15) is 0 Å². The number of rotatable bonds is 5. The van der Waals surface area contributed by atoms with Gasteiger partial charge in [0.25, 0.3) is 0 Å². The van der Waals surface area contributed by atoms with Crippen molar-refractivity contribution in [2.45, 2.75) is 20.3 Å². The Morgan fingerprint density at radius 2 is 1.78 bits per heavy atom. The molecule has 2 N–H and O–H groups in total. The molecule has 0 bridgehead atoms. The number of fused-ring (bicyclic) bond motifs is 1. The average molecular weight is 375 g/mol. The summed E-state index contributed by atoms with van der Waals surface area (Å²) in [6, 6.07) is 3.63. The van der Waals surface area contributed by atoms with Gasteiger partial charge in [0, 0.05) is 33.7 Å². The van der Waals surface area contributed by atoms with Crippen molar-refractivity contribution in [3.05, 3.63) is 22.6 Å². The molecule has 0 aliphatic carbocycles. The number of aromatic nitrogens is 2. The third-order valence-electron chi connectivity index (χ3n) is 5.00. The van der Waals surface area contributed by atoms with Crippen LogP contribution in [0.4, 0.5) is 16.2 Å². The minimum absolute atomic E-state index is 0.0866. The molecule has 2 aromatic rings. The lowest BCUT2D eigenvalue weighted by Gasteiger charge is -2.30. The molecule has 8 heteroatoms. The molecule has 3 rings (SSSR count). The standard InChI is InChI=1S/C19H29N5O3/c1-13(2)5-6-20-18(25)21-14-11-16-17(23(4)19(26)22(16)3)12-15(14)24-7-9-27-10-8-24/h11-13H,5-10H2,1-4H3,(H2,20,21,25). The lowest BCUT2D eigenvalue weighted by Crippen LogP contribution is -2.37. The van der Waals surface area contributed by atoms with Crippen LogP contribution in [-0.2, 0) is 18.8 Å². The van der Waals surface area contributed by atoms with Crippen LogP contribution in [0, 0.1) is 5.92 Å². The number of morpholine rings is 1. The summed E-state index contributed by atoms with van der Waals surface area (Å²) in [5.41, 5.74) is 3.15. The van der Waals surface area contributed by atoms with Crippen molar-refractivity contribution in [3.8, 4) is 0 Å². The van der Waals surface area contributed by atoms with Crippen LogP contribution in [0.15, 0.2) is 16.9 Å². The van der Waals surface area contributed by atoms with E-state index in [2.05, 4.69) is 29.4 Å². The molecule has 0 saturated carbocycles. The van der Waals surface area contributed by atoms with E-state index in [1.165, 1.54) is 0 Å².